The lowest BCUT2D eigenvalue weighted by atomic mass is 9.77. The van der Waals surface area contributed by atoms with Gasteiger partial charge in [-0.25, -0.2) is 0 Å². The van der Waals surface area contributed by atoms with Gasteiger partial charge in [-0.3, -0.25) is 4.98 Å². The molecule has 2 heteroatoms. The maximum absolute atomic E-state index is 9.79. The summed E-state index contributed by atoms with van der Waals surface area (Å²) in [6.45, 7) is 2.01. The molecule has 3 aromatic rings. The molecule has 0 bridgehead atoms. The molecule has 1 heterocycles. The zero-order valence-corrected chi connectivity index (χ0v) is 12.0. The fourth-order valence-electron chi connectivity index (χ4n) is 2.81. The highest BCUT2D eigenvalue weighted by Gasteiger charge is 2.28. The van der Waals surface area contributed by atoms with Gasteiger partial charge in [0.25, 0.3) is 0 Å². The van der Waals surface area contributed by atoms with Crippen LogP contribution in [0.4, 0.5) is 0 Å². The molecular weight excluding hydrogens is 256 g/mol. The van der Waals surface area contributed by atoms with E-state index in [0.29, 0.717) is 6.42 Å². The molecule has 1 unspecified atom stereocenters. The quantitative estimate of drug-likeness (QED) is 0.714. The normalized spacial score (nSPS) is 13.5. The van der Waals surface area contributed by atoms with Crippen LogP contribution in [0, 0.1) is 11.3 Å². The molecule has 0 amide bonds. The van der Waals surface area contributed by atoms with Crippen molar-refractivity contribution in [1.82, 2.24) is 4.98 Å². The van der Waals surface area contributed by atoms with E-state index in [-0.39, 0.29) is 0 Å². The van der Waals surface area contributed by atoms with Crippen LogP contribution in [0.15, 0.2) is 67.0 Å². The SMILES string of the molecule is CC(C#N)(Cc1ccncc1)c1cccc2ccccc12. The topological polar surface area (TPSA) is 36.7 Å². The third kappa shape index (κ3) is 2.51. The highest BCUT2D eigenvalue weighted by atomic mass is 14.6. The van der Waals surface area contributed by atoms with Crippen LogP contribution >= 0.6 is 0 Å². The molecule has 21 heavy (non-hydrogen) atoms. The summed E-state index contributed by atoms with van der Waals surface area (Å²) in [4.78, 5) is 4.04. The van der Waals surface area contributed by atoms with Gasteiger partial charge in [-0.05, 0) is 47.4 Å². The van der Waals surface area contributed by atoms with E-state index in [1.165, 1.54) is 5.39 Å². The molecule has 2 nitrogen and oxygen atoms in total. The van der Waals surface area contributed by atoms with E-state index in [2.05, 4.69) is 35.3 Å². The molecule has 0 aliphatic carbocycles. The summed E-state index contributed by atoms with van der Waals surface area (Å²) in [5, 5.41) is 12.1. The fourth-order valence-corrected chi connectivity index (χ4v) is 2.81. The van der Waals surface area contributed by atoms with E-state index in [9.17, 15) is 5.26 Å². The van der Waals surface area contributed by atoms with Crippen LogP contribution in [-0.2, 0) is 11.8 Å². The second kappa shape index (κ2) is 5.38. The molecule has 3 rings (SSSR count). The molecule has 0 spiro atoms. The maximum atomic E-state index is 9.79. The first-order valence-corrected chi connectivity index (χ1v) is 7.01. The molecule has 0 radical (unpaired) electrons. The third-order valence-corrected chi connectivity index (χ3v) is 3.94. The van der Waals surface area contributed by atoms with Gasteiger partial charge in [-0.2, -0.15) is 5.26 Å². The standard InChI is InChI=1S/C19H16N2/c1-19(14-20,13-15-9-11-21-12-10-15)18-8-4-6-16-5-2-3-7-17(16)18/h2-12H,13H2,1H3. The summed E-state index contributed by atoms with van der Waals surface area (Å²) in [7, 11) is 0. The first kappa shape index (κ1) is 13.3. The average molecular weight is 272 g/mol. The van der Waals surface area contributed by atoms with Crippen molar-refractivity contribution in [2.75, 3.05) is 0 Å². The summed E-state index contributed by atoms with van der Waals surface area (Å²) in [6, 6.07) is 20.9. The molecule has 102 valence electrons. The van der Waals surface area contributed by atoms with Gasteiger partial charge >= 0.3 is 0 Å². The Morgan fingerprint density at radius 3 is 2.48 bits per heavy atom. The summed E-state index contributed by atoms with van der Waals surface area (Å²) < 4.78 is 0. The van der Waals surface area contributed by atoms with Gasteiger partial charge in [0.1, 0.15) is 0 Å². The molecule has 0 saturated heterocycles. The number of nitrogens with zero attached hydrogens (tertiary/aromatic N) is 2. The highest BCUT2D eigenvalue weighted by molar-refractivity contribution is 5.87. The molecule has 2 aromatic carbocycles. The summed E-state index contributed by atoms with van der Waals surface area (Å²) in [5.41, 5.74) is 1.66. The summed E-state index contributed by atoms with van der Waals surface area (Å²) in [5.74, 6) is 0. The maximum Gasteiger partial charge on any atom is 0.0840 e. The number of benzene rings is 2. The monoisotopic (exact) mass is 272 g/mol. The highest BCUT2D eigenvalue weighted by Crippen LogP contribution is 2.33. The lowest BCUT2D eigenvalue weighted by Gasteiger charge is -2.24. The smallest absolute Gasteiger partial charge is 0.0840 e. The van der Waals surface area contributed by atoms with Gasteiger partial charge in [0.2, 0.25) is 0 Å². The number of fused-ring (bicyclic) bond motifs is 1. The van der Waals surface area contributed by atoms with Crippen molar-refractivity contribution < 1.29 is 0 Å². The van der Waals surface area contributed by atoms with Crippen LogP contribution in [0.3, 0.4) is 0 Å². The minimum atomic E-state index is -0.553. The van der Waals surface area contributed by atoms with Crippen molar-refractivity contribution in [3.8, 4) is 6.07 Å². The molecule has 1 aromatic heterocycles. The van der Waals surface area contributed by atoms with Gasteiger partial charge in [-0.1, -0.05) is 42.5 Å². The molecule has 1 atom stereocenters. The number of hydrogen-bond donors (Lipinski definition) is 0. The summed E-state index contributed by atoms with van der Waals surface area (Å²) >= 11 is 0. The predicted octanol–water partition coefficient (Wildman–Crippen LogP) is 4.26. The fraction of sp³-hybridized carbons (Fsp3) is 0.158. The van der Waals surface area contributed by atoms with Gasteiger partial charge in [0.05, 0.1) is 11.5 Å². The first-order valence-electron chi connectivity index (χ1n) is 7.01. The van der Waals surface area contributed by atoms with Crippen LogP contribution in [0.1, 0.15) is 18.1 Å². The van der Waals surface area contributed by atoms with E-state index in [4.69, 9.17) is 0 Å². The Bertz CT molecular complexity index is 797. The predicted molar refractivity (Wildman–Crippen MR) is 84.9 cm³/mol. The minimum Gasteiger partial charge on any atom is -0.265 e. The van der Waals surface area contributed by atoms with Gasteiger partial charge in [-0.15, -0.1) is 0 Å². The Morgan fingerprint density at radius 1 is 1.00 bits per heavy atom. The Hall–Kier alpha value is -2.66. The average Bonchev–Trinajstić information content (AvgIpc) is 2.55. The largest absolute Gasteiger partial charge is 0.265 e. The number of pyridine rings is 1. The molecule has 0 fully saturated rings. The number of nitriles is 1. The minimum absolute atomic E-state index is 0.553. The van der Waals surface area contributed by atoms with Gasteiger partial charge in [0.15, 0.2) is 0 Å². The Morgan fingerprint density at radius 2 is 1.71 bits per heavy atom. The zero-order valence-electron chi connectivity index (χ0n) is 12.0. The Labute approximate surface area is 124 Å². The second-order valence-electron chi connectivity index (χ2n) is 5.50. The van der Waals surface area contributed by atoms with Gasteiger partial charge in [0, 0.05) is 12.4 Å². The van der Waals surface area contributed by atoms with Crippen molar-refractivity contribution >= 4 is 10.8 Å². The van der Waals surface area contributed by atoms with Crippen LogP contribution in [0.5, 0.6) is 0 Å². The van der Waals surface area contributed by atoms with E-state index < -0.39 is 5.41 Å². The first-order chi connectivity index (χ1) is 10.2. The molecule has 0 saturated carbocycles. The van der Waals surface area contributed by atoms with Crippen molar-refractivity contribution in [2.45, 2.75) is 18.8 Å². The second-order valence-corrected chi connectivity index (χ2v) is 5.50. The Kier molecular flexibility index (Phi) is 3.41. The molecule has 0 aliphatic heterocycles. The van der Waals surface area contributed by atoms with E-state index >= 15 is 0 Å². The van der Waals surface area contributed by atoms with Crippen molar-refractivity contribution in [1.29, 1.82) is 5.26 Å². The third-order valence-electron chi connectivity index (χ3n) is 3.94. The van der Waals surface area contributed by atoms with Crippen LogP contribution < -0.4 is 0 Å². The van der Waals surface area contributed by atoms with Crippen LogP contribution in [0.25, 0.3) is 10.8 Å². The van der Waals surface area contributed by atoms with E-state index in [0.717, 1.165) is 16.5 Å². The lowest BCUT2D eigenvalue weighted by molar-refractivity contribution is 0.611. The van der Waals surface area contributed by atoms with Crippen molar-refractivity contribution in [2.24, 2.45) is 0 Å². The van der Waals surface area contributed by atoms with Crippen molar-refractivity contribution in [3.63, 3.8) is 0 Å². The van der Waals surface area contributed by atoms with Gasteiger partial charge < -0.3 is 0 Å². The van der Waals surface area contributed by atoms with Crippen LogP contribution in [-0.4, -0.2) is 4.98 Å². The lowest BCUT2D eigenvalue weighted by Crippen LogP contribution is -2.23. The zero-order chi connectivity index (χ0) is 14.7. The van der Waals surface area contributed by atoms with Crippen LogP contribution in [0.2, 0.25) is 0 Å². The molecule has 0 aliphatic rings. The number of rotatable bonds is 3. The van der Waals surface area contributed by atoms with Crippen molar-refractivity contribution in [3.05, 3.63) is 78.1 Å². The number of aromatic nitrogens is 1. The van der Waals surface area contributed by atoms with E-state index in [1.807, 2.05) is 37.3 Å². The Balaban J connectivity index is 2.12. The number of hydrogen-bond acceptors (Lipinski definition) is 2. The molecule has 0 N–H and O–H groups in total. The molecular formula is C19H16N2. The summed E-state index contributed by atoms with van der Waals surface area (Å²) in [6.07, 6.45) is 4.23. The van der Waals surface area contributed by atoms with E-state index in [1.54, 1.807) is 12.4 Å².